The van der Waals surface area contributed by atoms with Crippen LogP contribution in [0.5, 0.6) is 5.75 Å². The molecule has 3 aromatic rings. The molecule has 0 fully saturated rings. The topological polar surface area (TPSA) is 101 Å². The van der Waals surface area contributed by atoms with Crippen LogP contribution in [0.4, 0.5) is 0 Å². The zero-order valence-corrected chi connectivity index (χ0v) is 18.0. The van der Waals surface area contributed by atoms with Crippen LogP contribution in [-0.2, 0) is 17.7 Å². The molecule has 1 N–H and O–H groups in total. The SMILES string of the molecule is COC[C@H](C)Oc1ccc2n[nH]c(C3CC(N4CCc5oc(C)nc5C4)=NC=N3)c2c1. The molecular weight excluding hydrogens is 396 g/mol. The molecule has 0 amide bonds. The molecule has 0 bridgehead atoms. The Morgan fingerprint density at radius 1 is 1.35 bits per heavy atom. The summed E-state index contributed by atoms with van der Waals surface area (Å²) in [6.07, 6.45) is 3.16. The Kier molecular flexibility index (Phi) is 5.19. The Bertz CT molecular complexity index is 1150. The van der Waals surface area contributed by atoms with Crippen molar-refractivity contribution in [3.8, 4) is 5.75 Å². The summed E-state index contributed by atoms with van der Waals surface area (Å²) in [7, 11) is 1.67. The van der Waals surface area contributed by atoms with E-state index >= 15 is 0 Å². The Morgan fingerprint density at radius 2 is 2.26 bits per heavy atom. The molecule has 5 rings (SSSR count). The number of benzene rings is 1. The fourth-order valence-electron chi connectivity index (χ4n) is 4.23. The standard InChI is InChI=1S/C22H26N6O3/c1-13(11-29-3)30-15-4-5-17-16(8-15)22(27-26-17)18-9-21(24-12-23-18)28-7-6-20-19(10-28)25-14(2)31-20/h4-5,8,12-13,18H,6-7,9-11H2,1-3H3,(H,26,27)/t13-,18?/m0/s1. The Labute approximate surface area is 180 Å². The van der Waals surface area contributed by atoms with Crippen LogP contribution in [0, 0.1) is 6.92 Å². The molecule has 162 valence electrons. The van der Waals surface area contributed by atoms with Crippen molar-refractivity contribution >= 4 is 23.1 Å². The van der Waals surface area contributed by atoms with Gasteiger partial charge in [0.05, 0.1) is 24.4 Å². The lowest BCUT2D eigenvalue weighted by Gasteiger charge is -2.30. The molecule has 9 heteroatoms. The summed E-state index contributed by atoms with van der Waals surface area (Å²) in [6, 6.07) is 5.84. The van der Waals surface area contributed by atoms with Crippen molar-refractivity contribution in [3.63, 3.8) is 0 Å². The average Bonchev–Trinajstić information content (AvgIpc) is 3.35. The van der Waals surface area contributed by atoms with E-state index in [1.54, 1.807) is 13.4 Å². The van der Waals surface area contributed by atoms with Crippen molar-refractivity contribution in [2.45, 2.75) is 45.4 Å². The Morgan fingerprint density at radius 3 is 3.13 bits per heavy atom. The fraction of sp³-hybridized carbons (Fsp3) is 0.455. The van der Waals surface area contributed by atoms with Gasteiger partial charge < -0.3 is 18.8 Å². The molecule has 0 radical (unpaired) electrons. The van der Waals surface area contributed by atoms with Crippen LogP contribution in [0.25, 0.3) is 10.9 Å². The van der Waals surface area contributed by atoms with E-state index in [1.165, 1.54) is 0 Å². The van der Waals surface area contributed by atoms with Gasteiger partial charge in [-0.25, -0.2) is 9.98 Å². The quantitative estimate of drug-likeness (QED) is 0.678. The summed E-state index contributed by atoms with van der Waals surface area (Å²) < 4.78 is 16.8. The zero-order chi connectivity index (χ0) is 21.4. The Hall–Kier alpha value is -3.20. The number of aromatic amines is 1. The number of amidine groups is 1. The highest BCUT2D eigenvalue weighted by Gasteiger charge is 2.28. The lowest BCUT2D eigenvalue weighted by atomic mass is 10.0. The summed E-state index contributed by atoms with van der Waals surface area (Å²) in [5.74, 6) is 3.51. The molecule has 9 nitrogen and oxygen atoms in total. The third-order valence-electron chi connectivity index (χ3n) is 5.66. The largest absolute Gasteiger partial charge is 0.488 e. The summed E-state index contributed by atoms with van der Waals surface area (Å²) in [5, 5.41) is 8.66. The summed E-state index contributed by atoms with van der Waals surface area (Å²) in [4.78, 5) is 16.0. The maximum atomic E-state index is 5.97. The summed E-state index contributed by atoms with van der Waals surface area (Å²) in [6.45, 7) is 5.98. The van der Waals surface area contributed by atoms with E-state index in [0.717, 1.165) is 58.5 Å². The number of aromatic nitrogens is 3. The molecule has 0 saturated carbocycles. The first-order chi connectivity index (χ1) is 15.1. The third kappa shape index (κ3) is 3.93. The second-order valence-corrected chi connectivity index (χ2v) is 8.00. The van der Waals surface area contributed by atoms with Crippen LogP contribution >= 0.6 is 0 Å². The van der Waals surface area contributed by atoms with Crippen molar-refractivity contribution in [1.82, 2.24) is 20.1 Å². The molecule has 2 aliphatic rings. The van der Waals surface area contributed by atoms with Gasteiger partial charge in [-0.05, 0) is 25.1 Å². The van der Waals surface area contributed by atoms with Crippen molar-refractivity contribution in [2.24, 2.45) is 9.98 Å². The maximum absolute atomic E-state index is 5.97. The van der Waals surface area contributed by atoms with Gasteiger partial charge in [-0.3, -0.25) is 10.1 Å². The highest BCUT2D eigenvalue weighted by atomic mass is 16.5. The predicted octanol–water partition coefficient (Wildman–Crippen LogP) is 3.20. The first-order valence-electron chi connectivity index (χ1n) is 10.5. The van der Waals surface area contributed by atoms with Gasteiger partial charge >= 0.3 is 0 Å². The van der Waals surface area contributed by atoms with Gasteiger partial charge in [0.25, 0.3) is 0 Å². The van der Waals surface area contributed by atoms with Gasteiger partial charge in [0, 0.05) is 38.8 Å². The number of H-pyrrole nitrogens is 1. The van der Waals surface area contributed by atoms with Crippen LogP contribution in [-0.4, -0.2) is 58.6 Å². The van der Waals surface area contributed by atoms with Gasteiger partial charge in [-0.2, -0.15) is 5.10 Å². The minimum Gasteiger partial charge on any atom is -0.488 e. The van der Waals surface area contributed by atoms with Crippen LogP contribution < -0.4 is 4.74 Å². The highest BCUT2D eigenvalue weighted by molar-refractivity contribution is 5.92. The molecule has 2 aliphatic heterocycles. The average molecular weight is 422 g/mol. The second-order valence-electron chi connectivity index (χ2n) is 8.00. The van der Waals surface area contributed by atoms with Crippen LogP contribution in [0.15, 0.2) is 32.6 Å². The van der Waals surface area contributed by atoms with Crippen molar-refractivity contribution < 1.29 is 13.9 Å². The van der Waals surface area contributed by atoms with Gasteiger partial charge in [-0.15, -0.1) is 0 Å². The van der Waals surface area contributed by atoms with E-state index in [9.17, 15) is 0 Å². The normalized spacial score (nSPS) is 19.4. The smallest absolute Gasteiger partial charge is 0.191 e. The van der Waals surface area contributed by atoms with Gasteiger partial charge in [0.1, 0.15) is 41.5 Å². The third-order valence-corrected chi connectivity index (χ3v) is 5.66. The number of nitrogens with one attached hydrogen (secondary N) is 1. The summed E-state index contributed by atoms with van der Waals surface area (Å²) in [5.41, 5.74) is 2.87. The number of nitrogens with zero attached hydrogens (tertiary/aromatic N) is 5. The zero-order valence-electron chi connectivity index (χ0n) is 18.0. The van der Waals surface area contributed by atoms with E-state index in [2.05, 4.69) is 30.1 Å². The highest BCUT2D eigenvalue weighted by Crippen LogP contribution is 2.32. The van der Waals surface area contributed by atoms with Gasteiger partial charge in [-0.1, -0.05) is 0 Å². The fourth-order valence-corrected chi connectivity index (χ4v) is 4.23. The number of rotatable bonds is 5. The molecule has 1 aromatic carbocycles. The van der Waals surface area contributed by atoms with Crippen molar-refractivity contribution in [2.75, 3.05) is 20.3 Å². The number of aryl methyl sites for hydroxylation is 1. The number of ether oxygens (including phenoxy) is 2. The number of hydrogen-bond donors (Lipinski definition) is 1. The second kappa shape index (κ2) is 8.14. The van der Waals surface area contributed by atoms with Crippen LogP contribution in [0.1, 0.15) is 42.4 Å². The molecular formula is C22H26N6O3. The molecule has 0 spiro atoms. The van der Waals surface area contributed by atoms with E-state index in [0.29, 0.717) is 19.6 Å². The maximum Gasteiger partial charge on any atom is 0.191 e. The minimum absolute atomic E-state index is 0.0339. The van der Waals surface area contributed by atoms with Crippen molar-refractivity contribution in [1.29, 1.82) is 0 Å². The number of oxazole rings is 1. The minimum atomic E-state index is -0.0791. The van der Waals surface area contributed by atoms with Crippen molar-refractivity contribution in [3.05, 3.63) is 41.2 Å². The van der Waals surface area contributed by atoms with E-state index in [4.69, 9.17) is 13.9 Å². The van der Waals surface area contributed by atoms with E-state index < -0.39 is 0 Å². The van der Waals surface area contributed by atoms with Gasteiger partial charge in [0.15, 0.2) is 5.89 Å². The Balaban J connectivity index is 1.35. The molecule has 2 aromatic heterocycles. The molecule has 0 saturated heterocycles. The number of aliphatic imine (C=N–C) groups is 2. The predicted molar refractivity (Wildman–Crippen MR) is 117 cm³/mol. The number of hydrogen-bond acceptors (Lipinski definition) is 8. The monoisotopic (exact) mass is 422 g/mol. The van der Waals surface area contributed by atoms with E-state index in [1.807, 2.05) is 32.0 Å². The first-order valence-corrected chi connectivity index (χ1v) is 10.5. The molecule has 0 aliphatic carbocycles. The van der Waals surface area contributed by atoms with Gasteiger partial charge in [0.2, 0.25) is 0 Å². The number of methoxy groups -OCH3 is 1. The summed E-state index contributed by atoms with van der Waals surface area (Å²) >= 11 is 0. The molecule has 4 heterocycles. The molecule has 2 atom stereocenters. The molecule has 31 heavy (non-hydrogen) atoms. The first kappa shape index (κ1) is 19.7. The van der Waals surface area contributed by atoms with Crippen LogP contribution in [0.3, 0.4) is 0 Å². The van der Waals surface area contributed by atoms with E-state index in [-0.39, 0.29) is 12.1 Å². The van der Waals surface area contributed by atoms with Crippen LogP contribution in [0.2, 0.25) is 0 Å². The number of fused-ring (bicyclic) bond motifs is 2. The lowest BCUT2D eigenvalue weighted by Crippen LogP contribution is -2.37. The lowest BCUT2D eigenvalue weighted by molar-refractivity contribution is 0.0922. The molecule has 1 unspecified atom stereocenters.